The predicted octanol–water partition coefficient (Wildman–Crippen LogP) is 1.79. The molecule has 1 fully saturated rings. The highest BCUT2D eigenvalue weighted by Gasteiger charge is 2.32. The molecular weight excluding hydrogens is 302 g/mol. The van der Waals surface area contributed by atoms with Gasteiger partial charge in [0.15, 0.2) is 0 Å². The van der Waals surface area contributed by atoms with Crippen LogP contribution in [0.2, 0.25) is 0 Å². The fourth-order valence-electron chi connectivity index (χ4n) is 2.38. The molecule has 3 amide bonds. The second-order valence-electron chi connectivity index (χ2n) is 4.94. The average Bonchev–Trinajstić information content (AvgIpc) is 2.93. The number of thioether (sulfide) groups is 1. The maximum absolute atomic E-state index is 12.0. The Morgan fingerprint density at radius 2 is 2.05 bits per heavy atom. The Morgan fingerprint density at radius 1 is 1.32 bits per heavy atom. The van der Waals surface area contributed by atoms with Gasteiger partial charge in [0.2, 0.25) is 5.91 Å². The summed E-state index contributed by atoms with van der Waals surface area (Å²) in [6.45, 7) is 0.0591. The van der Waals surface area contributed by atoms with Crippen LogP contribution in [-0.2, 0) is 16.1 Å². The Kier molecular flexibility index (Phi) is 3.50. The SMILES string of the molecule is CN1C(=O)SC(=Cc2cn(CC(N)=O)c3ccccc23)C1=O. The Hall–Kier alpha value is -2.54. The summed E-state index contributed by atoms with van der Waals surface area (Å²) in [5.41, 5.74) is 6.89. The number of carbonyl (C=O) groups excluding carboxylic acids is 3. The van der Waals surface area contributed by atoms with Gasteiger partial charge in [0.1, 0.15) is 6.54 Å². The molecule has 0 spiro atoms. The third-order valence-electron chi connectivity index (χ3n) is 3.42. The van der Waals surface area contributed by atoms with Gasteiger partial charge in [0, 0.05) is 29.7 Å². The zero-order valence-electron chi connectivity index (χ0n) is 11.8. The largest absolute Gasteiger partial charge is 0.368 e. The smallest absolute Gasteiger partial charge is 0.293 e. The van der Waals surface area contributed by atoms with Crippen molar-refractivity contribution in [3.63, 3.8) is 0 Å². The van der Waals surface area contributed by atoms with Crippen molar-refractivity contribution in [1.29, 1.82) is 0 Å². The van der Waals surface area contributed by atoms with Gasteiger partial charge in [0.05, 0.1) is 4.91 Å². The molecule has 0 aliphatic carbocycles. The highest BCUT2D eigenvalue weighted by Crippen LogP contribution is 2.33. The lowest BCUT2D eigenvalue weighted by Crippen LogP contribution is -2.22. The van der Waals surface area contributed by atoms with E-state index in [4.69, 9.17) is 5.73 Å². The number of fused-ring (bicyclic) bond motifs is 1. The molecular formula is C15H13N3O3S. The van der Waals surface area contributed by atoms with Crippen molar-refractivity contribution >= 4 is 45.8 Å². The monoisotopic (exact) mass is 315 g/mol. The van der Waals surface area contributed by atoms with Gasteiger partial charge in [-0.05, 0) is 23.9 Å². The number of benzene rings is 1. The fourth-order valence-corrected chi connectivity index (χ4v) is 3.19. The summed E-state index contributed by atoms with van der Waals surface area (Å²) in [6.07, 6.45) is 3.44. The van der Waals surface area contributed by atoms with Gasteiger partial charge in [-0.1, -0.05) is 18.2 Å². The number of rotatable bonds is 3. The summed E-state index contributed by atoms with van der Waals surface area (Å²) < 4.78 is 1.74. The van der Waals surface area contributed by atoms with Gasteiger partial charge < -0.3 is 10.3 Å². The van der Waals surface area contributed by atoms with Crippen LogP contribution in [0, 0.1) is 0 Å². The lowest BCUT2D eigenvalue weighted by Gasteiger charge is -2.00. The Labute approximate surface area is 130 Å². The van der Waals surface area contributed by atoms with Crippen molar-refractivity contribution < 1.29 is 14.4 Å². The number of hydrogen-bond donors (Lipinski definition) is 1. The molecule has 0 radical (unpaired) electrons. The lowest BCUT2D eigenvalue weighted by molar-refractivity contribution is -0.122. The number of primary amides is 1. The number of carbonyl (C=O) groups is 3. The van der Waals surface area contributed by atoms with Gasteiger partial charge in [-0.2, -0.15) is 0 Å². The Morgan fingerprint density at radius 3 is 2.68 bits per heavy atom. The van der Waals surface area contributed by atoms with Crippen LogP contribution in [-0.4, -0.2) is 33.6 Å². The summed E-state index contributed by atoms with van der Waals surface area (Å²) in [5, 5.41) is 0.601. The number of nitrogens with zero attached hydrogens (tertiary/aromatic N) is 2. The molecule has 2 heterocycles. The quantitative estimate of drug-likeness (QED) is 0.875. The van der Waals surface area contributed by atoms with Crippen LogP contribution in [0.4, 0.5) is 4.79 Å². The molecule has 0 atom stereocenters. The minimum atomic E-state index is -0.443. The molecule has 3 rings (SSSR count). The van der Waals surface area contributed by atoms with E-state index in [9.17, 15) is 14.4 Å². The maximum atomic E-state index is 12.0. The van der Waals surface area contributed by atoms with E-state index in [0.717, 1.165) is 33.1 Å². The fraction of sp³-hybridized carbons (Fsp3) is 0.133. The Balaban J connectivity index is 2.10. The molecule has 1 aliphatic heterocycles. The van der Waals surface area contributed by atoms with E-state index in [-0.39, 0.29) is 17.7 Å². The van der Waals surface area contributed by atoms with E-state index in [1.807, 2.05) is 24.3 Å². The van der Waals surface area contributed by atoms with Crippen LogP contribution in [0.15, 0.2) is 35.4 Å². The topological polar surface area (TPSA) is 85.4 Å². The van der Waals surface area contributed by atoms with Gasteiger partial charge in [0.25, 0.3) is 11.1 Å². The zero-order valence-corrected chi connectivity index (χ0v) is 12.6. The van der Waals surface area contributed by atoms with Crippen molar-refractivity contribution in [3.8, 4) is 0 Å². The number of hydrogen-bond acceptors (Lipinski definition) is 4. The third-order valence-corrected chi connectivity index (χ3v) is 4.38. The van der Waals surface area contributed by atoms with Gasteiger partial charge in [-0.25, -0.2) is 0 Å². The van der Waals surface area contributed by atoms with E-state index in [2.05, 4.69) is 0 Å². The van der Waals surface area contributed by atoms with Crippen molar-refractivity contribution in [2.75, 3.05) is 7.05 Å². The van der Waals surface area contributed by atoms with Crippen molar-refractivity contribution in [2.45, 2.75) is 6.54 Å². The first-order chi connectivity index (χ1) is 10.5. The first-order valence-corrected chi connectivity index (χ1v) is 7.37. The molecule has 1 aromatic heterocycles. The molecule has 1 aliphatic rings. The highest BCUT2D eigenvalue weighted by molar-refractivity contribution is 8.18. The van der Waals surface area contributed by atoms with Gasteiger partial charge in [-0.15, -0.1) is 0 Å². The summed E-state index contributed by atoms with van der Waals surface area (Å²) in [4.78, 5) is 36.2. The molecule has 6 nitrogen and oxygen atoms in total. The Bertz CT molecular complexity index is 838. The van der Waals surface area contributed by atoms with E-state index >= 15 is 0 Å². The van der Waals surface area contributed by atoms with Crippen molar-refractivity contribution in [2.24, 2.45) is 5.73 Å². The van der Waals surface area contributed by atoms with Gasteiger partial charge in [-0.3, -0.25) is 19.3 Å². The molecule has 2 N–H and O–H groups in total. The molecule has 1 saturated heterocycles. The zero-order chi connectivity index (χ0) is 15.9. The normalized spacial score (nSPS) is 17.0. The summed E-state index contributed by atoms with van der Waals surface area (Å²) in [5.74, 6) is -0.761. The second kappa shape index (κ2) is 5.34. The highest BCUT2D eigenvalue weighted by atomic mass is 32.2. The standard InChI is InChI=1S/C15H13N3O3S/c1-17-14(20)12(22-15(17)21)6-9-7-18(8-13(16)19)11-5-3-2-4-10(9)11/h2-7H,8H2,1H3,(H2,16,19). The number of nitrogens with two attached hydrogens (primary N) is 1. The van der Waals surface area contributed by atoms with Crippen molar-refractivity contribution in [1.82, 2.24) is 9.47 Å². The van der Waals surface area contributed by atoms with Crippen LogP contribution in [0.5, 0.6) is 0 Å². The van der Waals surface area contributed by atoms with Gasteiger partial charge >= 0.3 is 0 Å². The maximum Gasteiger partial charge on any atom is 0.293 e. The van der Waals surface area contributed by atoms with Crippen LogP contribution >= 0.6 is 11.8 Å². The molecule has 2 aromatic rings. The number of para-hydroxylation sites is 1. The molecule has 0 unspecified atom stereocenters. The lowest BCUT2D eigenvalue weighted by atomic mass is 10.1. The number of amides is 3. The summed E-state index contributed by atoms with van der Waals surface area (Å²) in [6, 6.07) is 7.51. The van der Waals surface area contributed by atoms with Crippen LogP contribution in [0.1, 0.15) is 5.56 Å². The number of imide groups is 1. The first-order valence-electron chi connectivity index (χ1n) is 6.55. The van der Waals surface area contributed by atoms with Crippen LogP contribution in [0.25, 0.3) is 17.0 Å². The molecule has 0 bridgehead atoms. The second-order valence-corrected chi connectivity index (χ2v) is 5.93. The minimum Gasteiger partial charge on any atom is -0.368 e. The molecule has 0 saturated carbocycles. The molecule has 22 heavy (non-hydrogen) atoms. The minimum absolute atomic E-state index is 0.0591. The molecule has 112 valence electrons. The number of likely N-dealkylation sites (N-methyl/N-ethyl adjacent to an activating group) is 1. The van der Waals surface area contributed by atoms with E-state index in [1.54, 1.807) is 16.8 Å². The summed E-state index contributed by atoms with van der Waals surface area (Å²) >= 11 is 0.906. The number of aromatic nitrogens is 1. The third kappa shape index (κ3) is 2.39. The van der Waals surface area contributed by atoms with Crippen LogP contribution in [0.3, 0.4) is 0 Å². The predicted molar refractivity (Wildman–Crippen MR) is 84.9 cm³/mol. The first kappa shape index (κ1) is 14.4. The van der Waals surface area contributed by atoms with E-state index in [1.165, 1.54) is 7.05 Å². The molecule has 7 heteroatoms. The summed E-state index contributed by atoms with van der Waals surface area (Å²) in [7, 11) is 1.45. The van der Waals surface area contributed by atoms with E-state index < -0.39 is 5.91 Å². The van der Waals surface area contributed by atoms with Crippen LogP contribution < -0.4 is 5.73 Å². The van der Waals surface area contributed by atoms with Crippen molar-refractivity contribution in [3.05, 3.63) is 40.9 Å². The van der Waals surface area contributed by atoms with E-state index in [0.29, 0.717) is 4.91 Å². The molecule has 1 aromatic carbocycles. The average molecular weight is 315 g/mol.